The minimum Gasteiger partial charge on any atom is -0.495 e. The summed E-state index contributed by atoms with van der Waals surface area (Å²) >= 11 is 1.60. The van der Waals surface area contributed by atoms with Crippen molar-refractivity contribution in [1.82, 2.24) is 4.98 Å². The number of rotatable bonds is 6. The number of amides is 1. The second-order valence-electron chi connectivity index (χ2n) is 5.83. The number of nitrogens with one attached hydrogen (secondary N) is 1. The number of nitrogens with zero attached hydrogens (tertiary/aromatic N) is 1. The molecule has 6 heteroatoms. The highest BCUT2D eigenvalue weighted by molar-refractivity contribution is 7.09. The van der Waals surface area contributed by atoms with Crippen molar-refractivity contribution in [1.29, 1.82) is 0 Å². The molecule has 0 radical (unpaired) electrons. The molecule has 0 atom stereocenters. The topological polar surface area (TPSA) is 60.5 Å². The minimum absolute atomic E-state index is 0.199. The first-order valence-electron chi connectivity index (χ1n) is 8.15. The van der Waals surface area contributed by atoms with Gasteiger partial charge in [-0.25, -0.2) is 4.98 Å². The van der Waals surface area contributed by atoms with Gasteiger partial charge in [-0.2, -0.15) is 0 Å². The normalized spacial score (nSPS) is 10.4. The Morgan fingerprint density at radius 1 is 1.15 bits per heavy atom. The number of aryl methyl sites for hydroxylation is 2. The number of hydrogen-bond donors (Lipinski definition) is 1. The summed E-state index contributed by atoms with van der Waals surface area (Å²) in [7, 11) is 1.58. The lowest BCUT2D eigenvalue weighted by Crippen LogP contribution is -2.12. The summed E-state index contributed by atoms with van der Waals surface area (Å²) in [5.74, 6) is 1.12. The van der Waals surface area contributed by atoms with Gasteiger partial charge in [0.05, 0.1) is 23.5 Å². The zero-order valence-corrected chi connectivity index (χ0v) is 15.7. The Labute approximate surface area is 156 Å². The van der Waals surface area contributed by atoms with Crippen molar-refractivity contribution in [3.63, 3.8) is 0 Å². The van der Waals surface area contributed by atoms with Gasteiger partial charge in [-0.3, -0.25) is 4.79 Å². The van der Waals surface area contributed by atoms with Gasteiger partial charge in [0, 0.05) is 10.9 Å². The first-order chi connectivity index (χ1) is 12.5. The maximum atomic E-state index is 12.5. The van der Waals surface area contributed by atoms with E-state index in [-0.39, 0.29) is 5.91 Å². The zero-order valence-electron chi connectivity index (χ0n) is 14.9. The fourth-order valence-electron chi connectivity index (χ4n) is 2.45. The Bertz CT molecular complexity index is 904. The molecule has 0 bridgehead atoms. The largest absolute Gasteiger partial charge is 0.495 e. The van der Waals surface area contributed by atoms with E-state index in [1.54, 1.807) is 42.7 Å². The van der Waals surface area contributed by atoms with Crippen LogP contribution in [0.25, 0.3) is 0 Å². The second-order valence-corrected chi connectivity index (χ2v) is 6.89. The Kier molecular flexibility index (Phi) is 5.53. The van der Waals surface area contributed by atoms with Gasteiger partial charge in [-0.1, -0.05) is 6.07 Å². The molecule has 26 heavy (non-hydrogen) atoms. The van der Waals surface area contributed by atoms with E-state index >= 15 is 0 Å². The number of carbonyl (C=O) groups excluding carboxylic acids is 1. The first-order valence-corrected chi connectivity index (χ1v) is 9.03. The lowest BCUT2D eigenvalue weighted by molar-refractivity contribution is 0.102. The maximum absolute atomic E-state index is 12.5. The van der Waals surface area contributed by atoms with Crippen molar-refractivity contribution in [2.24, 2.45) is 0 Å². The smallest absolute Gasteiger partial charge is 0.255 e. The van der Waals surface area contributed by atoms with E-state index in [1.165, 1.54) is 0 Å². The van der Waals surface area contributed by atoms with Crippen LogP contribution in [0.5, 0.6) is 11.5 Å². The molecule has 1 heterocycles. The van der Waals surface area contributed by atoms with Crippen molar-refractivity contribution in [2.75, 3.05) is 12.4 Å². The van der Waals surface area contributed by atoms with Crippen LogP contribution in [-0.4, -0.2) is 18.0 Å². The molecule has 2 aromatic carbocycles. The van der Waals surface area contributed by atoms with E-state index < -0.39 is 0 Å². The van der Waals surface area contributed by atoms with Gasteiger partial charge in [0.25, 0.3) is 5.91 Å². The summed E-state index contributed by atoms with van der Waals surface area (Å²) in [5, 5.41) is 5.88. The highest BCUT2D eigenvalue weighted by Crippen LogP contribution is 2.26. The molecule has 0 aliphatic rings. The number of thiazole rings is 1. The number of aromatic nitrogens is 1. The fourth-order valence-corrected chi connectivity index (χ4v) is 3.05. The second kappa shape index (κ2) is 8.01. The molecule has 0 saturated carbocycles. The average molecular weight is 368 g/mol. The molecule has 3 rings (SSSR count). The van der Waals surface area contributed by atoms with Crippen LogP contribution >= 0.6 is 11.3 Å². The molecule has 0 aliphatic carbocycles. The van der Waals surface area contributed by atoms with E-state index in [4.69, 9.17) is 9.47 Å². The van der Waals surface area contributed by atoms with Crippen LogP contribution in [0.2, 0.25) is 0 Å². The number of carbonyl (C=O) groups is 1. The summed E-state index contributed by atoms with van der Waals surface area (Å²) in [6, 6.07) is 12.7. The zero-order chi connectivity index (χ0) is 18.5. The monoisotopic (exact) mass is 368 g/mol. The third-order valence-electron chi connectivity index (χ3n) is 3.77. The van der Waals surface area contributed by atoms with E-state index in [2.05, 4.69) is 10.3 Å². The van der Waals surface area contributed by atoms with E-state index in [9.17, 15) is 4.79 Å². The van der Waals surface area contributed by atoms with Gasteiger partial charge >= 0.3 is 0 Å². The molecule has 0 saturated heterocycles. The Balaban J connectivity index is 1.64. The van der Waals surface area contributed by atoms with Crippen molar-refractivity contribution < 1.29 is 14.3 Å². The molecule has 5 nitrogen and oxygen atoms in total. The molecule has 1 aromatic heterocycles. The lowest BCUT2D eigenvalue weighted by Gasteiger charge is -2.11. The predicted octanol–water partition coefficient (Wildman–Crippen LogP) is 4.60. The van der Waals surface area contributed by atoms with Gasteiger partial charge in [-0.15, -0.1) is 11.3 Å². The summed E-state index contributed by atoms with van der Waals surface area (Å²) < 4.78 is 11.0. The van der Waals surface area contributed by atoms with Gasteiger partial charge in [-0.05, 0) is 55.8 Å². The van der Waals surface area contributed by atoms with Crippen LogP contribution in [0.4, 0.5) is 5.69 Å². The SMILES string of the molecule is COc1ccc(C)cc1NC(=O)c1ccc(OCc2csc(C)n2)cc1. The Morgan fingerprint density at radius 3 is 2.58 bits per heavy atom. The number of anilines is 1. The summed E-state index contributed by atoms with van der Waals surface area (Å²) in [6.07, 6.45) is 0. The molecule has 0 aliphatic heterocycles. The van der Waals surface area contributed by atoms with Gasteiger partial charge in [0.2, 0.25) is 0 Å². The predicted molar refractivity (Wildman–Crippen MR) is 103 cm³/mol. The van der Waals surface area contributed by atoms with Crippen LogP contribution < -0.4 is 14.8 Å². The molecular weight excluding hydrogens is 348 g/mol. The molecule has 1 amide bonds. The van der Waals surface area contributed by atoms with E-state index in [1.807, 2.05) is 37.4 Å². The molecule has 0 spiro atoms. The van der Waals surface area contributed by atoms with Crippen molar-refractivity contribution in [2.45, 2.75) is 20.5 Å². The van der Waals surface area contributed by atoms with E-state index in [0.717, 1.165) is 16.3 Å². The fraction of sp³-hybridized carbons (Fsp3) is 0.200. The molecule has 0 unspecified atom stereocenters. The van der Waals surface area contributed by atoms with Gasteiger partial charge in [0.1, 0.15) is 18.1 Å². The quantitative estimate of drug-likeness (QED) is 0.691. The summed E-state index contributed by atoms with van der Waals surface area (Å²) in [5.41, 5.74) is 3.14. The first kappa shape index (κ1) is 17.9. The third-order valence-corrected chi connectivity index (χ3v) is 4.60. The molecule has 1 N–H and O–H groups in total. The highest BCUT2D eigenvalue weighted by atomic mass is 32.1. The molecule has 134 valence electrons. The average Bonchev–Trinajstić information content (AvgIpc) is 3.06. The molecular formula is C20H20N2O3S. The highest BCUT2D eigenvalue weighted by Gasteiger charge is 2.10. The van der Waals surface area contributed by atoms with Crippen LogP contribution in [0.3, 0.4) is 0 Å². The molecule has 0 fully saturated rings. The van der Waals surface area contributed by atoms with Crippen molar-refractivity contribution >= 4 is 22.9 Å². The Hall–Kier alpha value is -2.86. The maximum Gasteiger partial charge on any atom is 0.255 e. The van der Waals surface area contributed by atoms with Gasteiger partial charge < -0.3 is 14.8 Å². The Morgan fingerprint density at radius 2 is 1.92 bits per heavy atom. The minimum atomic E-state index is -0.199. The van der Waals surface area contributed by atoms with Crippen LogP contribution in [0, 0.1) is 13.8 Å². The number of ether oxygens (including phenoxy) is 2. The summed E-state index contributed by atoms with van der Waals surface area (Å²) in [4.78, 5) is 16.8. The van der Waals surface area contributed by atoms with E-state index in [0.29, 0.717) is 29.4 Å². The van der Waals surface area contributed by atoms with Crippen LogP contribution in [-0.2, 0) is 6.61 Å². The number of hydrogen-bond acceptors (Lipinski definition) is 5. The standard InChI is InChI=1S/C20H20N2O3S/c1-13-4-9-19(24-3)18(10-13)22-20(23)15-5-7-17(8-6-15)25-11-16-12-26-14(2)21-16/h4-10,12H,11H2,1-3H3,(H,22,23). The van der Waals surface area contributed by atoms with Gasteiger partial charge in [0.15, 0.2) is 0 Å². The third kappa shape index (κ3) is 4.40. The van der Waals surface area contributed by atoms with Crippen LogP contribution in [0.15, 0.2) is 47.8 Å². The van der Waals surface area contributed by atoms with Crippen molar-refractivity contribution in [3.8, 4) is 11.5 Å². The molecule has 3 aromatic rings. The lowest BCUT2D eigenvalue weighted by atomic mass is 10.1. The number of methoxy groups -OCH3 is 1. The van der Waals surface area contributed by atoms with Crippen LogP contribution in [0.1, 0.15) is 26.6 Å². The number of benzene rings is 2. The summed E-state index contributed by atoms with van der Waals surface area (Å²) in [6.45, 7) is 4.34. The van der Waals surface area contributed by atoms with Crippen molar-refractivity contribution in [3.05, 3.63) is 69.7 Å².